The lowest BCUT2D eigenvalue weighted by Gasteiger charge is -2.16. The van der Waals surface area contributed by atoms with E-state index in [0.29, 0.717) is 13.1 Å². The highest BCUT2D eigenvalue weighted by atomic mass is 79.9. The molecule has 0 bridgehead atoms. The number of rotatable bonds is 5. The Morgan fingerprint density at radius 1 is 1.25 bits per heavy atom. The van der Waals surface area contributed by atoms with Crippen molar-refractivity contribution in [2.24, 2.45) is 5.92 Å². The summed E-state index contributed by atoms with van der Waals surface area (Å²) in [6.45, 7) is 3.18. The van der Waals surface area contributed by atoms with E-state index in [-0.39, 0.29) is 24.2 Å². The number of aromatic nitrogens is 1. The van der Waals surface area contributed by atoms with Gasteiger partial charge in [-0.05, 0) is 55.3 Å². The van der Waals surface area contributed by atoms with Gasteiger partial charge in [0.1, 0.15) is 0 Å². The van der Waals surface area contributed by atoms with Crippen molar-refractivity contribution in [2.75, 3.05) is 18.4 Å². The zero-order chi connectivity index (χ0) is 19.7. The number of benzene rings is 2. The van der Waals surface area contributed by atoms with E-state index < -0.39 is 0 Å². The SMILES string of the molecule is Cc1ccc2[nH]cc(CCN3C[C@H](C(=O)Nc4ccc(Br)cc4)CC3=O)c2c1. The third-order valence-corrected chi connectivity index (χ3v) is 5.80. The molecule has 2 heterocycles. The quantitative estimate of drug-likeness (QED) is 0.623. The molecule has 1 aromatic heterocycles. The van der Waals surface area contributed by atoms with Crippen molar-refractivity contribution in [2.45, 2.75) is 19.8 Å². The molecule has 1 fully saturated rings. The highest BCUT2D eigenvalue weighted by Crippen LogP contribution is 2.24. The number of halogens is 1. The van der Waals surface area contributed by atoms with Crippen molar-refractivity contribution in [3.63, 3.8) is 0 Å². The Labute approximate surface area is 172 Å². The monoisotopic (exact) mass is 439 g/mol. The number of H-pyrrole nitrogens is 1. The lowest BCUT2D eigenvalue weighted by molar-refractivity contribution is -0.128. The van der Waals surface area contributed by atoms with Crippen LogP contribution in [0.1, 0.15) is 17.5 Å². The van der Waals surface area contributed by atoms with Gasteiger partial charge in [0.05, 0.1) is 5.92 Å². The average molecular weight is 440 g/mol. The molecular formula is C22H22BrN3O2. The summed E-state index contributed by atoms with van der Waals surface area (Å²) in [6, 6.07) is 13.8. The predicted octanol–water partition coefficient (Wildman–Crippen LogP) is 4.27. The molecule has 1 atom stereocenters. The number of carbonyl (C=O) groups is 2. The molecule has 0 saturated carbocycles. The van der Waals surface area contributed by atoms with E-state index in [1.165, 1.54) is 16.5 Å². The number of hydrogen-bond donors (Lipinski definition) is 2. The minimum atomic E-state index is -0.304. The van der Waals surface area contributed by atoms with Gasteiger partial charge in [0.25, 0.3) is 0 Å². The number of nitrogens with one attached hydrogen (secondary N) is 2. The van der Waals surface area contributed by atoms with Crippen LogP contribution in [0.25, 0.3) is 10.9 Å². The Kier molecular flexibility index (Phi) is 5.22. The summed E-state index contributed by atoms with van der Waals surface area (Å²) in [4.78, 5) is 30.0. The molecule has 1 saturated heterocycles. The highest BCUT2D eigenvalue weighted by molar-refractivity contribution is 9.10. The normalized spacial score (nSPS) is 16.7. The number of likely N-dealkylation sites (tertiary alicyclic amines) is 1. The van der Waals surface area contributed by atoms with Gasteiger partial charge in [0.15, 0.2) is 0 Å². The second-order valence-electron chi connectivity index (χ2n) is 7.35. The van der Waals surface area contributed by atoms with E-state index in [0.717, 1.165) is 22.1 Å². The summed E-state index contributed by atoms with van der Waals surface area (Å²) in [6.07, 6.45) is 3.06. The van der Waals surface area contributed by atoms with E-state index in [1.807, 2.05) is 30.5 Å². The number of fused-ring (bicyclic) bond motifs is 1. The molecule has 0 unspecified atom stereocenters. The summed E-state index contributed by atoms with van der Waals surface area (Å²) in [5.74, 6) is -0.353. The van der Waals surface area contributed by atoms with Crippen LogP contribution in [0.4, 0.5) is 5.69 Å². The van der Waals surface area contributed by atoms with E-state index >= 15 is 0 Å². The zero-order valence-corrected chi connectivity index (χ0v) is 17.3. The molecule has 0 radical (unpaired) electrons. The number of amides is 2. The van der Waals surface area contributed by atoms with Gasteiger partial charge in [-0.2, -0.15) is 0 Å². The minimum absolute atomic E-state index is 0.0481. The molecular weight excluding hydrogens is 418 g/mol. The Hall–Kier alpha value is -2.60. The summed E-state index contributed by atoms with van der Waals surface area (Å²) in [5, 5.41) is 4.11. The topological polar surface area (TPSA) is 65.2 Å². The maximum atomic E-state index is 12.5. The van der Waals surface area contributed by atoms with Gasteiger partial charge in [-0.15, -0.1) is 0 Å². The van der Waals surface area contributed by atoms with E-state index in [9.17, 15) is 9.59 Å². The van der Waals surface area contributed by atoms with Crippen LogP contribution in [0, 0.1) is 12.8 Å². The fraction of sp³-hybridized carbons (Fsp3) is 0.273. The van der Waals surface area contributed by atoms with Gasteiger partial charge < -0.3 is 15.2 Å². The second kappa shape index (κ2) is 7.80. The molecule has 28 heavy (non-hydrogen) atoms. The third-order valence-electron chi connectivity index (χ3n) is 5.27. The van der Waals surface area contributed by atoms with Crippen molar-refractivity contribution < 1.29 is 9.59 Å². The fourth-order valence-electron chi connectivity index (χ4n) is 3.70. The van der Waals surface area contributed by atoms with Crippen LogP contribution in [0.2, 0.25) is 0 Å². The molecule has 1 aliphatic rings. The molecule has 1 aliphatic heterocycles. The molecule has 2 amide bonds. The van der Waals surface area contributed by atoms with Crippen molar-refractivity contribution in [3.05, 3.63) is 64.3 Å². The van der Waals surface area contributed by atoms with Crippen LogP contribution < -0.4 is 5.32 Å². The fourth-order valence-corrected chi connectivity index (χ4v) is 3.96. The van der Waals surface area contributed by atoms with Gasteiger partial charge >= 0.3 is 0 Å². The van der Waals surface area contributed by atoms with Crippen LogP contribution in [0.3, 0.4) is 0 Å². The van der Waals surface area contributed by atoms with E-state index in [1.54, 1.807) is 4.90 Å². The Morgan fingerprint density at radius 3 is 2.82 bits per heavy atom. The Morgan fingerprint density at radius 2 is 2.04 bits per heavy atom. The smallest absolute Gasteiger partial charge is 0.229 e. The number of hydrogen-bond acceptors (Lipinski definition) is 2. The van der Waals surface area contributed by atoms with E-state index in [2.05, 4.69) is 51.4 Å². The number of carbonyl (C=O) groups excluding carboxylic acids is 2. The van der Waals surface area contributed by atoms with Crippen LogP contribution in [0.15, 0.2) is 53.1 Å². The molecule has 2 N–H and O–H groups in total. The van der Waals surface area contributed by atoms with Gasteiger partial charge in [-0.25, -0.2) is 0 Å². The van der Waals surface area contributed by atoms with Crippen molar-refractivity contribution >= 4 is 44.3 Å². The average Bonchev–Trinajstić information content (AvgIpc) is 3.25. The molecule has 0 aliphatic carbocycles. The van der Waals surface area contributed by atoms with E-state index in [4.69, 9.17) is 0 Å². The molecule has 5 nitrogen and oxygen atoms in total. The number of anilines is 1. The summed E-state index contributed by atoms with van der Waals surface area (Å²) in [7, 11) is 0. The third kappa shape index (κ3) is 3.97. The van der Waals surface area contributed by atoms with Crippen molar-refractivity contribution in [3.8, 4) is 0 Å². The first-order valence-electron chi connectivity index (χ1n) is 9.40. The molecule has 2 aromatic carbocycles. The lowest BCUT2D eigenvalue weighted by Crippen LogP contribution is -2.30. The predicted molar refractivity (Wildman–Crippen MR) is 114 cm³/mol. The molecule has 4 rings (SSSR count). The maximum absolute atomic E-state index is 12.5. The summed E-state index contributed by atoms with van der Waals surface area (Å²) in [5.41, 5.74) is 4.28. The highest BCUT2D eigenvalue weighted by Gasteiger charge is 2.34. The van der Waals surface area contributed by atoms with Gasteiger partial charge in [-0.1, -0.05) is 27.6 Å². The van der Waals surface area contributed by atoms with Crippen molar-refractivity contribution in [1.82, 2.24) is 9.88 Å². The first-order chi connectivity index (χ1) is 13.5. The largest absolute Gasteiger partial charge is 0.361 e. The Balaban J connectivity index is 1.37. The standard InChI is InChI=1S/C22H22BrN3O2/c1-14-2-7-20-19(10-14)15(12-24-20)8-9-26-13-16(11-21(26)27)22(28)25-18-5-3-17(23)4-6-18/h2-7,10,12,16,24H,8-9,11,13H2,1H3,(H,25,28)/t16-/m1/s1. The maximum Gasteiger partial charge on any atom is 0.229 e. The van der Waals surface area contributed by atoms with Gasteiger partial charge in [-0.3, -0.25) is 9.59 Å². The van der Waals surface area contributed by atoms with Gasteiger partial charge in [0.2, 0.25) is 11.8 Å². The number of nitrogens with zero attached hydrogens (tertiary/aromatic N) is 1. The van der Waals surface area contributed by atoms with Crippen LogP contribution >= 0.6 is 15.9 Å². The molecule has 3 aromatic rings. The van der Waals surface area contributed by atoms with Crippen LogP contribution in [-0.4, -0.2) is 34.8 Å². The molecule has 0 spiro atoms. The summed E-state index contributed by atoms with van der Waals surface area (Å²) < 4.78 is 0.959. The molecule has 144 valence electrons. The first kappa shape index (κ1) is 18.7. The van der Waals surface area contributed by atoms with Crippen molar-refractivity contribution in [1.29, 1.82) is 0 Å². The number of aromatic amines is 1. The second-order valence-corrected chi connectivity index (χ2v) is 8.27. The van der Waals surface area contributed by atoms with Crippen LogP contribution in [0.5, 0.6) is 0 Å². The summed E-state index contributed by atoms with van der Waals surface area (Å²) >= 11 is 3.38. The Bertz CT molecular complexity index is 1030. The number of aryl methyl sites for hydroxylation is 1. The van der Waals surface area contributed by atoms with Gasteiger partial charge in [0, 0.05) is 46.8 Å². The lowest BCUT2D eigenvalue weighted by atomic mass is 10.1. The molecule has 6 heteroatoms. The first-order valence-corrected chi connectivity index (χ1v) is 10.2. The van der Waals surface area contributed by atoms with Crippen LogP contribution in [-0.2, 0) is 16.0 Å². The zero-order valence-electron chi connectivity index (χ0n) is 15.7. The minimum Gasteiger partial charge on any atom is -0.361 e.